The highest BCUT2D eigenvalue weighted by Gasteiger charge is 2.22. The first-order valence-corrected chi connectivity index (χ1v) is 9.34. The zero-order chi connectivity index (χ0) is 20.7. The second-order valence-electron chi connectivity index (χ2n) is 6.73. The van der Waals surface area contributed by atoms with Gasteiger partial charge >= 0.3 is 0 Å². The normalized spacial score (nSPS) is 10.5. The van der Waals surface area contributed by atoms with E-state index in [4.69, 9.17) is 11.6 Å². The number of benzene rings is 2. The monoisotopic (exact) mass is 401 g/mol. The van der Waals surface area contributed by atoms with Gasteiger partial charge in [0.15, 0.2) is 0 Å². The van der Waals surface area contributed by atoms with Gasteiger partial charge in [0.1, 0.15) is 6.54 Å². The van der Waals surface area contributed by atoms with Gasteiger partial charge in [0.25, 0.3) is 5.91 Å². The number of nitrogens with one attached hydrogen (secondary N) is 2. The van der Waals surface area contributed by atoms with Crippen molar-refractivity contribution in [3.8, 4) is 0 Å². The number of hydrogen-bond donors (Lipinski definition) is 2. The predicted molar refractivity (Wildman–Crippen MR) is 110 cm³/mol. The van der Waals surface area contributed by atoms with Crippen molar-refractivity contribution in [3.63, 3.8) is 0 Å². The van der Waals surface area contributed by atoms with Crippen molar-refractivity contribution in [2.75, 3.05) is 18.4 Å². The lowest BCUT2D eigenvalue weighted by Gasteiger charge is -2.26. The number of hydrogen-bond acceptors (Lipinski definition) is 3. The van der Waals surface area contributed by atoms with Gasteiger partial charge in [-0.3, -0.25) is 14.4 Å². The molecule has 0 fully saturated rings. The number of carbonyl (C=O) groups excluding carboxylic acids is 3. The highest BCUT2D eigenvalue weighted by atomic mass is 35.5. The van der Waals surface area contributed by atoms with Gasteiger partial charge in [-0.25, -0.2) is 0 Å². The Bertz CT molecular complexity index is 850. The molecular weight excluding hydrogens is 378 g/mol. The Morgan fingerprint density at radius 2 is 1.71 bits per heavy atom. The summed E-state index contributed by atoms with van der Waals surface area (Å²) in [5.74, 6) is -1.05. The van der Waals surface area contributed by atoms with Crippen LogP contribution in [0, 0.1) is 6.92 Å². The fourth-order valence-electron chi connectivity index (χ4n) is 2.51. The first-order chi connectivity index (χ1) is 13.3. The Morgan fingerprint density at radius 1 is 1.04 bits per heavy atom. The lowest BCUT2D eigenvalue weighted by Crippen LogP contribution is -2.45. The standard InChI is InChI=1S/C21H24ClN3O3/c1-14(2)25(21(28)16-5-4-6-17(22)11-16)13-20(27)23-12-19(26)24-18-9-7-15(3)8-10-18/h4-11,14H,12-13H2,1-3H3,(H,23,27)(H,24,26). The molecule has 6 nitrogen and oxygen atoms in total. The van der Waals surface area contributed by atoms with E-state index >= 15 is 0 Å². The fraction of sp³-hybridized carbons (Fsp3) is 0.286. The molecule has 0 spiro atoms. The molecule has 2 aromatic carbocycles. The Balaban J connectivity index is 1.90. The third-order valence-corrected chi connectivity index (χ3v) is 4.29. The molecule has 0 heterocycles. The Kier molecular flexibility index (Phi) is 7.58. The topological polar surface area (TPSA) is 78.5 Å². The first-order valence-electron chi connectivity index (χ1n) is 8.96. The molecule has 28 heavy (non-hydrogen) atoms. The van der Waals surface area contributed by atoms with Crippen LogP contribution in [0.3, 0.4) is 0 Å². The van der Waals surface area contributed by atoms with E-state index in [0.717, 1.165) is 5.56 Å². The van der Waals surface area contributed by atoms with E-state index < -0.39 is 5.91 Å². The fourth-order valence-corrected chi connectivity index (χ4v) is 2.70. The van der Waals surface area contributed by atoms with E-state index in [1.165, 1.54) is 4.90 Å². The number of carbonyl (C=O) groups is 3. The smallest absolute Gasteiger partial charge is 0.254 e. The SMILES string of the molecule is Cc1ccc(NC(=O)CNC(=O)CN(C(=O)c2cccc(Cl)c2)C(C)C)cc1. The Morgan fingerprint density at radius 3 is 2.32 bits per heavy atom. The molecule has 0 aliphatic carbocycles. The van der Waals surface area contributed by atoms with Crippen LogP contribution in [-0.4, -0.2) is 41.8 Å². The molecule has 0 saturated carbocycles. The van der Waals surface area contributed by atoms with Crippen LogP contribution in [0.1, 0.15) is 29.8 Å². The zero-order valence-electron chi connectivity index (χ0n) is 16.2. The summed E-state index contributed by atoms with van der Waals surface area (Å²) in [6, 6.07) is 13.7. The summed E-state index contributed by atoms with van der Waals surface area (Å²) in [5, 5.41) is 5.70. The van der Waals surface area contributed by atoms with Crippen LogP contribution >= 0.6 is 11.6 Å². The molecule has 2 aromatic rings. The van der Waals surface area contributed by atoms with Crippen molar-refractivity contribution in [2.45, 2.75) is 26.8 Å². The van der Waals surface area contributed by atoms with E-state index in [0.29, 0.717) is 16.3 Å². The van der Waals surface area contributed by atoms with Crippen LogP contribution < -0.4 is 10.6 Å². The highest BCUT2D eigenvalue weighted by Crippen LogP contribution is 2.14. The molecule has 3 amide bonds. The van der Waals surface area contributed by atoms with Gasteiger partial charge in [-0.05, 0) is 51.1 Å². The van der Waals surface area contributed by atoms with Gasteiger partial charge in [0.05, 0.1) is 6.54 Å². The Labute approximate surface area is 169 Å². The van der Waals surface area contributed by atoms with Crippen molar-refractivity contribution in [1.82, 2.24) is 10.2 Å². The van der Waals surface area contributed by atoms with E-state index in [1.54, 1.807) is 36.4 Å². The third-order valence-electron chi connectivity index (χ3n) is 4.05. The highest BCUT2D eigenvalue weighted by molar-refractivity contribution is 6.31. The van der Waals surface area contributed by atoms with E-state index in [-0.39, 0.29) is 30.9 Å². The van der Waals surface area contributed by atoms with Crippen LogP contribution in [0.5, 0.6) is 0 Å². The lowest BCUT2D eigenvalue weighted by molar-refractivity contribution is -0.124. The summed E-state index contributed by atoms with van der Waals surface area (Å²) in [4.78, 5) is 38.4. The third kappa shape index (κ3) is 6.39. The maximum absolute atomic E-state index is 12.7. The molecule has 2 rings (SSSR count). The van der Waals surface area contributed by atoms with Gasteiger partial charge < -0.3 is 15.5 Å². The summed E-state index contributed by atoms with van der Waals surface area (Å²) in [5.41, 5.74) is 2.15. The number of anilines is 1. The number of aryl methyl sites for hydroxylation is 1. The van der Waals surface area contributed by atoms with Crippen LogP contribution in [0.25, 0.3) is 0 Å². The van der Waals surface area contributed by atoms with Crippen molar-refractivity contribution in [2.24, 2.45) is 0 Å². The second kappa shape index (κ2) is 9.90. The van der Waals surface area contributed by atoms with Gasteiger partial charge in [-0.2, -0.15) is 0 Å². The lowest BCUT2D eigenvalue weighted by atomic mass is 10.1. The maximum Gasteiger partial charge on any atom is 0.254 e. The minimum Gasteiger partial charge on any atom is -0.345 e. The van der Waals surface area contributed by atoms with E-state index in [1.807, 2.05) is 32.9 Å². The molecule has 0 unspecified atom stereocenters. The minimum atomic E-state index is -0.414. The van der Waals surface area contributed by atoms with Gasteiger partial charge in [-0.15, -0.1) is 0 Å². The largest absolute Gasteiger partial charge is 0.345 e. The average molecular weight is 402 g/mol. The number of rotatable bonds is 7. The summed E-state index contributed by atoms with van der Waals surface area (Å²) < 4.78 is 0. The zero-order valence-corrected chi connectivity index (χ0v) is 16.9. The molecule has 0 aliphatic rings. The summed E-state index contributed by atoms with van der Waals surface area (Å²) in [6.45, 7) is 5.27. The van der Waals surface area contributed by atoms with Crippen molar-refractivity contribution >= 4 is 35.0 Å². The molecule has 0 atom stereocenters. The van der Waals surface area contributed by atoms with Gasteiger partial charge in [0, 0.05) is 22.3 Å². The molecule has 0 bridgehead atoms. The molecule has 0 radical (unpaired) electrons. The van der Waals surface area contributed by atoms with Crippen LogP contribution in [-0.2, 0) is 9.59 Å². The van der Waals surface area contributed by atoms with Crippen molar-refractivity contribution < 1.29 is 14.4 Å². The quantitative estimate of drug-likeness (QED) is 0.747. The Hall–Kier alpha value is -2.86. The molecule has 148 valence electrons. The second-order valence-corrected chi connectivity index (χ2v) is 7.16. The maximum atomic E-state index is 12.7. The number of amides is 3. The van der Waals surface area contributed by atoms with Crippen LogP contribution in [0.2, 0.25) is 5.02 Å². The van der Waals surface area contributed by atoms with Crippen LogP contribution in [0.4, 0.5) is 5.69 Å². The van der Waals surface area contributed by atoms with E-state index in [2.05, 4.69) is 10.6 Å². The van der Waals surface area contributed by atoms with E-state index in [9.17, 15) is 14.4 Å². The molecule has 0 saturated heterocycles. The number of nitrogens with zero attached hydrogens (tertiary/aromatic N) is 1. The summed E-state index contributed by atoms with van der Waals surface area (Å²) >= 11 is 5.94. The molecule has 0 aliphatic heterocycles. The van der Waals surface area contributed by atoms with Crippen molar-refractivity contribution in [1.29, 1.82) is 0 Å². The molecule has 2 N–H and O–H groups in total. The molecular formula is C21H24ClN3O3. The summed E-state index contributed by atoms with van der Waals surface area (Å²) in [7, 11) is 0. The van der Waals surface area contributed by atoms with Gasteiger partial charge in [-0.1, -0.05) is 35.4 Å². The van der Waals surface area contributed by atoms with Crippen molar-refractivity contribution in [3.05, 3.63) is 64.7 Å². The molecule has 7 heteroatoms. The molecule has 0 aromatic heterocycles. The number of halogens is 1. The average Bonchev–Trinajstić information content (AvgIpc) is 2.65. The predicted octanol–water partition coefficient (Wildman–Crippen LogP) is 3.25. The van der Waals surface area contributed by atoms with Crippen LogP contribution in [0.15, 0.2) is 48.5 Å². The first kappa shape index (κ1) is 21.4. The summed E-state index contributed by atoms with van der Waals surface area (Å²) in [6.07, 6.45) is 0. The minimum absolute atomic E-state index is 0.152. The van der Waals surface area contributed by atoms with Gasteiger partial charge in [0.2, 0.25) is 11.8 Å².